The minimum atomic E-state index is -0.282. The summed E-state index contributed by atoms with van der Waals surface area (Å²) in [5.74, 6) is 0.175. The maximum atomic E-state index is 12.7. The van der Waals surface area contributed by atoms with Crippen LogP contribution in [0.4, 0.5) is 0 Å². The van der Waals surface area contributed by atoms with Gasteiger partial charge in [-0.05, 0) is 42.5 Å². The van der Waals surface area contributed by atoms with Crippen LogP contribution in [-0.4, -0.2) is 19.0 Å². The van der Waals surface area contributed by atoms with Crippen molar-refractivity contribution in [2.24, 2.45) is 0 Å². The van der Waals surface area contributed by atoms with E-state index in [1.807, 2.05) is 18.2 Å². The third-order valence-electron chi connectivity index (χ3n) is 5.19. The number of rotatable bonds is 4. The van der Waals surface area contributed by atoms with E-state index in [-0.39, 0.29) is 17.4 Å². The van der Waals surface area contributed by atoms with Gasteiger partial charge in [0, 0.05) is 12.6 Å². The first kappa shape index (κ1) is 14.5. The number of carbonyl (C=O) groups is 1. The van der Waals surface area contributed by atoms with Crippen molar-refractivity contribution in [3.63, 3.8) is 0 Å². The molecule has 0 aromatic heterocycles. The third kappa shape index (κ3) is 2.66. The van der Waals surface area contributed by atoms with Crippen LogP contribution < -0.4 is 10.6 Å². The molecule has 1 aliphatic heterocycles. The van der Waals surface area contributed by atoms with Crippen molar-refractivity contribution in [3.05, 3.63) is 71.3 Å². The maximum absolute atomic E-state index is 12.7. The molecule has 2 N–H and O–H groups in total. The molecule has 0 radical (unpaired) electrons. The third-order valence-corrected chi connectivity index (χ3v) is 5.19. The lowest BCUT2D eigenvalue weighted by Crippen LogP contribution is -2.42. The molecule has 1 unspecified atom stereocenters. The summed E-state index contributed by atoms with van der Waals surface area (Å²) in [4.78, 5) is 12.7. The minimum absolute atomic E-state index is 0.175. The Morgan fingerprint density at radius 3 is 2.61 bits per heavy atom. The van der Waals surface area contributed by atoms with Gasteiger partial charge < -0.3 is 10.6 Å². The van der Waals surface area contributed by atoms with Gasteiger partial charge in [-0.1, -0.05) is 54.6 Å². The van der Waals surface area contributed by atoms with Crippen LogP contribution in [0, 0.1) is 0 Å². The van der Waals surface area contributed by atoms with Crippen LogP contribution in [0.3, 0.4) is 0 Å². The first-order valence-corrected chi connectivity index (χ1v) is 8.45. The molecule has 0 saturated heterocycles. The van der Waals surface area contributed by atoms with Crippen LogP contribution in [0.1, 0.15) is 35.6 Å². The summed E-state index contributed by atoms with van der Waals surface area (Å²) >= 11 is 0. The van der Waals surface area contributed by atoms with Crippen molar-refractivity contribution in [3.8, 4) is 0 Å². The number of carbonyl (C=O) groups excluding carboxylic acids is 1. The van der Waals surface area contributed by atoms with Crippen LogP contribution >= 0.6 is 0 Å². The van der Waals surface area contributed by atoms with E-state index >= 15 is 0 Å². The summed E-state index contributed by atoms with van der Waals surface area (Å²) in [7, 11) is 0. The normalized spacial score (nSPS) is 21.3. The number of amides is 1. The average molecular weight is 306 g/mol. The SMILES string of the molecule is O=C(NCC1NCCc2ccccc21)C1(c2ccccc2)CC1. The van der Waals surface area contributed by atoms with E-state index in [0.29, 0.717) is 6.54 Å². The predicted molar refractivity (Wildman–Crippen MR) is 91.3 cm³/mol. The predicted octanol–water partition coefficient (Wildman–Crippen LogP) is 2.72. The second-order valence-corrected chi connectivity index (χ2v) is 6.61. The highest BCUT2D eigenvalue weighted by Crippen LogP contribution is 2.48. The fourth-order valence-corrected chi connectivity index (χ4v) is 3.67. The van der Waals surface area contributed by atoms with Crippen LogP contribution in [0.5, 0.6) is 0 Å². The zero-order valence-electron chi connectivity index (χ0n) is 13.2. The quantitative estimate of drug-likeness (QED) is 0.912. The number of nitrogens with one attached hydrogen (secondary N) is 2. The topological polar surface area (TPSA) is 41.1 Å². The van der Waals surface area contributed by atoms with Crippen molar-refractivity contribution < 1.29 is 4.79 Å². The Balaban J connectivity index is 1.45. The van der Waals surface area contributed by atoms with Gasteiger partial charge in [-0.2, -0.15) is 0 Å². The Morgan fingerprint density at radius 1 is 1.09 bits per heavy atom. The highest BCUT2D eigenvalue weighted by atomic mass is 16.2. The van der Waals surface area contributed by atoms with Gasteiger partial charge in [0.2, 0.25) is 5.91 Å². The Kier molecular flexibility index (Phi) is 3.66. The summed E-state index contributed by atoms with van der Waals surface area (Å²) in [5, 5.41) is 6.72. The second kappa shape index (κ2) is 5.82. The molecule has 2 aliphatic rings. The van der Waals surface area contributed by atoms with E-state index in [4.69, 9.17) is 0 Å². The lowest BCUT2D eigenvalue weighted by molar-refractivity contribution is -0.123. The van der Waals surface area contributed by atoms with E-state index in [9.17, 15) is 4.79 Å². The molecule has 3 heteroatoms. The Hall–Kier alpha value is -2.13. The lowest BCUT2D eigenvalue weighted by atomic mass is 9.93. The smallest absolute Gasteiger partial charge is 0.230 e. The molecule has 1 amide bonds. The highest BCUT2D eigenvalue weighted by molar-refractivity contribution is 5.91. The largest absolute Gasteiger partial charge is 0.353 e. The summed E-state index contributed by atoms with van der Waals surface area (Å²) in [6.07, 6.45) is 2.98. The Labute approximate surface area is 137 Å². The van der Waals surface area contributed by atoms with E-state index < -0.39 is 0 Å². The molecule has 118 valence electrons. The number of hydrogen-bond acceptors (Lipinski definition) is 2. The molecule has 2 aromatic rings. The number of fused-ring (bicyclic) bond motifs is 1. The summed E-state index contributed by atoms with van der Waals surface area (Å²) in [5.41, 5.74) is 3.59. The van der Waals surface area contributed by atoms with Crippen molar-refractivity contribution in [2.45, 2.75) is 30.7 Å². The van der Waals surface area contributed by atoms with Gasteiger partial charge in [0.05, 0.1) is 5.41 Å². The molecular weight excluding hydrogens is 284 g/mol. The van der Waals surface area contributed by atoms with Gasteiger partial charge in [0.1, 0.15) is 0 Å². The van der Waals surface area contributed by atoms with Gasteiger partial charge in [-0.25, -0.2) is 0 Å². The molecule has 4 rings (SSSR count). The first-order chi connectivity index (χ1) is 11.3. The molecular formula is C20H22N2O. The van der Waals surface area contributed by atoms with E-state index in [1.54, 1.807) is 0 Å². The Bertz CT molecular complexity index is 707. The van der Waals surface area contributed by atoms with Crippen LogP contribution in [0.2, 0.25) is 0 Å². The van der Waals surface area contributed by atoms with Crippen molar-refractivity contribution in [1.29, 1.82) is 0 Å². The highest BCUT2D eigenvalue weighted by Gasteiger charge is 2.51. The molecule has 1 fully saturated rings. The molecule has 1 saturated carbocycles. The molecule has 3 nitrogen and oxygen atoms in total. The van der Waals surface area contributed by atoms with E-state index in [0.717, 1.165) is 31.4 Å². The fraction of sp³-hybridized carbons (Fsp3) is 0.350. The molecule has 23 heavy (non-hydrogen) atoms. The monoisotopic (exact) mass is 306 g/mol. The number of hydrogen-bond donors (Lipinski definition) is 2. The summed E-state index contributed by atoms with van der Waals surface area (Å²) in [6, 6.07) is 18.9. The molecule has 0 spiro atoms. The van der Waals surface area contributed by atoms with Gasteiger partial charge in [0.15, 0.2) is 0 Å². The average Bonchev–Trinajstić information content (AvgIpc) is 3.42. The van der Waals surface area contributed by atoms with Crippen LogP contribution in [-0.2, 0) is 16.6 Å². The van der Waals surface area contributed by atoms with Gasteiger partial charge in [0.25, 0.3) is 0 Å². The Morgan fingerprint density at radius 2 is 1.83 bits per heavy atom. The first-order valence-electron chi connectivity index (χ1n) is 8.45. The molecule has 1 aliphatic carbocycles. The van der Waals surface area contributed by atoms with Crippen molar-refractivity contribution >= 4 is 5.91 Å². The van der Waals surface area contributed by atoms with Crippen LogP contribution in [0.25, 0.3) is 0 Å². The molecule has 0 bridgehead atoms. The van der Waals surface area contributed by atoms with E-state index in [1.165, 1.54) is 11.1 Å². The maximum Gasteiger partial charge on any atom is 0.230 e. The second-order valence-electron chi connectivity index (χ2n) is 6.61. The lowest BCUT2D eigenvalue weighted by Gasteiger charge is -2.28. The van der Waals surface area contributed by atoms with Crippen LogP contribution in [0.15, 0.2) is 54.6 Å². The summed E-state index contributed by atoms with van der Waals surface area (Å²) in [6.45, 7) is 1.63. The van der Waals surface area contributed by atoms with E-state index in [2.05, 4.69) is 47.0 Å². The zero-order valence-corrected chi connectivity index (χ0v) is 13.2. The minimum Gasteiger partial charge on any atom is -0.353 e. The number of benzene rings is 2. The van der Waals surface area contributed by atoms with Crippen molar-refractivity contribution in [1.82, 2.24) is 10.6 Å². The summed E-state index contributed by atoms with van der Waals surface area (Å²) < 4.78 is 0. The van der Waals surface area contributed by atoms with Gasteiger partial charge in [-0.3, -0.25) is 4.79 Å². The van der Waals surface area contributed by atoms with Gasteiger partial charge >= 0.3 is 0 Å². The molecule has 2 aromatic carbocycles. The zero-order chi connectivity index (χ0) is 15.7. The molecule has 1 heterocycles. The van der Waals surface area contributed by atoms with Gasteiger partial charge in [-0.15, -0.1) is 0 Å². The molecule has 1 atom stereocenters. The van der Waals surface area contributed by atoms with Crippen molar-refractivity contribution in [2.75, 3.05) is 13.1 Å². The fourth-order valence-electron chi connectivity index (χ4n) is 3.67. The standard InChI is InChI=1S/C20H22N2O/c23-19(20(11-12-20)16-7-2-1-3-8-16)22-14-18-17-9-5-4-6-15(17)10-13-21-18/h1-9,18,21H,10-14H2,(H,22,23).